The van der Waals surface area contributed by atoms with Gasteiger partial charge in [0, 0.05) is 32.1 Å². The van der Waals surface area contributed by atoms with Crippen LogP contribution in [0.1, 0.15) is 12.2 Å². The van der Waals surface area contributed by atoms with Crippen molar-refractivity contribution >= 4 is 28.7 Å². The molecule has 0 aliphatic carbocycles. The summed E-state index contributed by atoms with van der Waals surface area (Å²) in [5.74, 6) is -0.305. The Morgan fingerprint density at radius 3 is 2.74 bits per heavy atom. The topological polar surface area (TPSA) is 155 Å². The number of aliphatic hydroxyl groups is 2. The van der Waals surface area contributed by atoms with Crippen LogP contribution >= 0.6 is 11.6 Å². The molecule has 31 heavy (non-hydrogen) atoms. The second kappa shape index (κ2) is 9.52. The van der Waals surface area contributed by atoms with E-state index in [0.717, 1.165) is 0 Å². The highest BCUT2D eigenvalue weighted by Crippen LogP contribution is 2.30. The molecule has 4 N–H and O–H groups in total. The van der Waals surface area contributed by atoms with Crippen LogP contribution in [-0.4, -0.2) is 55.7 Å². The Morgan fingerprint density at radius 2 is 2.10 bits per heavy atom. The third-order valence-electron chi connectivity index (χ3n) is 4.69. The quantitative estimate of drug-likeness (QED) is 0.363. The molecule has 12 heteroatoms. The molecule has 1 aromatic carbocycles. The monoisotopic (exact) mass is 454 g/mol. The molecule has 0 amide bonds. The summed E-state index contributed by atoms with van der Waals surface area (Å²) in [6.45, 7) is -1.31. The molecule has 0 atom stereocenters. The van der Waals surface area contributed by atoms with Crippen molar-refractivity contribution in [2.24, 2.45) is 12.8 Å². The van der Waals surface area contributed by atoms with Crippen molar-refractivity contribution < 1.29 is 28.9 Å². The standard InChI is InChI=1S/C19H23ClN4O7/c1-23-5-3-22-16(23)8-29-14-7-15-13(6-12(14)20)24(18(28)31-15)4-2-17(27)30-11-19(21,9-25)10-26/h3,5-7,25-26H,2,4,8-11,21H2,1H3. The lowest BCUT2D eigenvalue weighted by Crippen LogP contribution is -2.51. The third kappa shape index (κ3) is 5.25. The van der Waals surface area contributed by atoms with Crippen molar-refractivity contribution in [2.45, 2.75) is 25.1 Å². The maximum absolute atomic E-state index is 12.2. The van der Waals surface area contributed by atoms with E-state index in [1.54, 1.807) is 17.0 Å². The Bertz CT molecular complexity index is 1120. The molecular formula is C19H23ClN4O7. The van der Waals surface area contributed by atoms with Crippen LogP contribution < -0.4 is 16.2 Å². The predicted octanol–water partition coefficient (Wildman–Crippen LogP) is 0.176. The number of esters is 1. The van der Waals surface area contributed by atoms with E-state index in [-0.39, 0.29) is 36.8 Å². The van der Waals surface area contributed by atoms with Crippen LogP contribution in [0.5, 0.6) is 5.75 Å². The molecule has 0 unspecified atom stereocenters. The van der Waals surface area contributed by atoms with E-state index in [0.29, 0.717) is 17.1 Å². The molecule has 0 fully saturated rings. The number of aryl methyl sites for hydroxylation is 2. The molecule has 2 aromatic heterocycles. The second-order valence-electron chi connectivity index (χ2n) is 7.10. The van der Waals surface area contributed by atoms with Gasteiger partial charge in [0.1, 0.15) is 24.8 Å². The summed E-state index contributed by atoms with van der Waals surface area (Å²) in [4.78, 5) is 28.4. The van der Waals surface area contributed by atoms with Gasteiger partial charge in [-0.15, -0.1) is 0 Å². The molecule has 11 nitrogen and oxygen atoms in total. The maximum Gasteiger partial charge on any atom is 0.419 e. The molecule has 0 aliphatic rings. The predicted molar refractivity (Wildman–Crippen MR) is 110 cm³/mol. The minimum atomic E-state index is -1.42. The molecular weight excluding hydrogens is 432 g/mol. The number of benzene rings is 1. The number of halogens is 1. The van der Waals surface area contributed by atoms with E-state index in [1.165, 1.54) is 16.7 Å². The average Bonchev–Trinajstić information content (AvgIpc) is 3.30. The van der Waals surface area contributed by atoms with E-state index >= 15 is 0 Å². The van der Waals surface area contributed by atoms with E-state index in [9.17, 15) is 9.59 Å². The average molecular weight is 455 g/mol. The summed E-state index contributed by atoms with van der Waals surface area (Å²) in [5.41, 5.74) is 4.87. The Labute approximate surface area is 181 Å². The van der Waals surface area contributed by atoms with E-state index in [1.807, 2.05) is 7.05 Å². The van der Waals surface area contributed by atoms with Crippen molar-refractivity contribution in [3.05, 3.63) is 45.9 Å². The number of fused-ring (bicyclic) bond motifs is 1. The zero-order chi connectivity index (χ0) is 22.6. The highest BCUT2D eigenvalue weighted by Gasteiger charge is 2.25. The molecule has 0 radical (unpaired) electrons. The fourth-order valence-corrected chi connectivity index (χ4v) is 2.92. The van der Waals surface area contributed by atoms with Gasteiger partial charge >= 0.3 is 11.7 Å². The Kier molecular flexibility index (Phi) is 7.01. The van der Waals surface area contributed by atoms with Crippen LogP contribution in [0.15, 0.2) is 33.7 Å². The molecule has 0 saturated heterocycles. The zero-order valence-electron chi connectivity index (χ0n) is 16.8. The van der Waals surface area contributed by atoms with Crippen molar-refractivity contribution in [3.63, 3.8) is 0 Å². The number of hydrogen-bond donors (Lipinski definition) is 3. The highest BCUT2D eigenvalue weighted by molar-refractivity contribution is 6.32. The molecule has 0 spiro atoms. The van der Waals surface area contributed by atoms with Crippen molar-refractivity contribution in [2.75, 3.05) is 19.8 Å². The summed E-state index contributed by atoms with van der Waals surface area (Å²) in [6.07, 6.45) is 3.28. The van der Waals surface area contributed by atoms with Gasteiger partial charge in [-0.25, -0.2) is 9.78 Å². The molecule has 3 aromatic rings. The van der Waals surface area contributed by atoms with Gasteiger partial charge < -0.3 is 34.4 Å². The number of carbonyl (C=O) groups excluding carboxylic acids is 1. The van der Waals surface area contributed by atoms with E-state index in [4.69, 9.17) is 41.4 Å². The van der Waals surface area contributed by atoms with Crippen LogP contribution in [-0.2, 0) is 29.7 Å². The smallest absolute Gasteiger partial charge is 0.419 e. The first-order valence-corrected chi connectivity index (χ1v) is 9.72. The maximum atomic E-state index is 12.2. The first-order chi connectivity index (χ1) is 14.8. The van der Waals surface area contributed by atoms with Crippen LogP contribution in [0.2, 0.25) is 5.02 Å². The van der Waals surface area contributed by atoms with Gasteiger partial charge in [0.2, 0.25) is 0 Å². The number of aliphatic hydroxyl groups excluding tert-OH is 2. The zero-order valence-corrected chi connectivity index (χ0v) is 17.5. The summed E-state index contributed by atoms with van der Waals surface area (Å²) >= 11 is 6.30. The van der Waals surface area contributed by atoms with Gasteiger partial charge in [-0.1, -0.05) is 11.6 Å². The fourth-order valence-electron chi connectivity index (χ4n) is 2.71. The van der Waals surface area contributed by atoms with E-state index < -0.39 is 30.5 Å². The van der Waals surface area contributed by atoms with Crippen molar-refractivity contribution in [3.8, 4) is 5.75 Å². The van der Waals surface area contributed by atoms with Crippen LogP contribution in [0.4, 0.5) is 0 Å². The van der Waals surface area contributed by atoms with Gasteiger partial charge in [-0.05, 0) is 6.07 Å². The van der Waals surface area contributed by atoms with Gasteiger partial charge in [-0.3, -0.25) is 9.36 Å². The molecule has 0 aliphatic heterocycles. The first kappa shape index (κ1) is 22.8. The fraction of sp³-hybridized carbons (Fsp3) is 0.421. The Hall–Kier alpha value is -2.86. The lowest BCUT2D eigenvalue weighted by atomic mass is 10.1. The minimum Gasteiger partial charge on any atom is -0.484 e. The summed E-state index contributed by atoms with van der Waals surface area (Å²) < 4.78 is 19.0. The number of ether oxygens (including phenoxy) is 2. The number of nitrogens with zero attached hydrogens (tertiary/aromatic N) is 3. The van der Waals surface area contributed by atoms with Crippen LogP contribution in [0, 0.1) is 0 Å². The van der Waals surface area contributed by atoms with E-state index in [2.05, 4.69) is 4.98 Å². The number of nitrogens with two attached hydrogens (primary N) is 1. The number of aromatic nitrogens is 3. The van der Waals surface area contributed by atoms with Gasteiger partial charge in [-0.2, -0.15) is 0 Å². The minimum absolute atomic E-state index is 0.0235. The van der Waals surface area contributed by atoms with Crippen molar-refractivity contribution in [1.29, 1.82) is 0 Å². The normalized spacial score (nSPS) is 11.8. The van der Waals surface area contributed by atoms with Gasteiger partial charge in [0.25, 0.3) is 0 Å². The number of rotatable bonds is 10. The summed E-state index contributed by atoms with van der Waals surface area (Å²) in [7, 11) is 1.84. The summed E-state index contributed by atoms with van der Waals surface area (Å²) in [6, 6.07) is 3.02. The molecule has 2 heterocycles. The molecule has 168 valence electrons. The lowest BCUT2D eigenvalue weighted by Gasteiger charge is -2.23. The Morgan fingerprint density at radius 1 is 1.35 bits per heavy atom. The largest absolute Gasteiger partial charge is 0.484 e. The lowest BCUT2D eigenvalue weighted by molar-refractivity contribution is -0.146. The van der Waals surface area contributed by atoms with Crippen LogP contribution in [0.25, 0.3) is 11.1 Å². The molecule has 3 rings (SSSR count). The Balaban J connectivity index is 1.68. The highest BCUT2D eigenvalue weighted by atomic mass is 35.5. The number of imidazole rings is 1. The summed E-state index contributed by atoms with van der Waals surface area (Å²) in [5, 5.41) is 18.5. The number of oxazole rings is 1. The van der Waals surface area contributed by atoms with Gasteiger partial charge in [0.05, 0.1) is 35.7 Å². The van der Waals surface area contributed by atoms with Gasteiger partial charge in [0.15, 0.2) is 5.58 Å². The molecule has 0 bridgehead atoms. The number of carbonyl (C=O) groups is 1. The second-order valence-corrected chi connectivity index (χ2v) is 7.51. The number of hydrogen-bond acceptors (Lipinski definition) is 9. The SMILES string of the molecule is Cn1ccnc1COc1cc2oc(=O)n(CCC(=O)OCC(N)(CO)CO)c2cc1Cl. The van der Waals surface area contributed by atoms with Crippen LogP contribution in [0.3, 0.4) is 0 Å². The third-order valence-corrected chi connectivity index (χ3v) is 4.98. The van der Waals surface area contributed by atoms with Crippen molar-refractivity contribution in [1.82, 2.24) is 14.1 Å². The first-order valence-electron chi connectivity index (χ1n) is 9.34. The molecule has 0 saturated carbocycles.